The van der Waals surface area contributed by atoms with E-state index in [1.165, 1.54) is 19.3 Å². The number of carbonyl (C=O) groups excluding carboxylic acids is 3. The number of carbonyl (C=O) groups is 3. The molecule has 0 spiro atoms. The molecule has 7 nitrogen and oxygen atoms in total. The van der Waals surface area contributed by atoms with E-state index in [4.69, 9.17) is 21.1 Å². The number of benzene rings is 4. The summed E-state index contributed by atoms with van der Waals surface area (Å²) in [5, 5.41) is 4.81. The number of nitrogens with one attached hydrogen (secondary N) is 1. The first-order valence-electron chi connectivity index (χ1n) is 11.8. The van der Waals surface area contributed by atoms with E-state index in [-0.39, 0.29) is 11.3 Å². The van der Waals surface area contributed by atoms with Crippen molar-refractivity contribution in [2.24, 2.45) is 0 Å². The Morgan fingerprint density at radius 2 is 1.74 bits per heavy atom. The lowest BCUT2D eigenvalue weighted by atomic mass is 10.0. The Morgan fingerprint density at radius 1 is 0.921 bits per heavy atom. The number of anilines is 1. The Hall–Kier alpha value is -4.62. The topological polar surface area (TPSA) is 84.9 Å². The quantitative estimate of drug-likeness (QED) is 0.244. The second kappa shape index (κ2) is 10.4. The Morgan fingerprint density at radius 3 is 2.53 bits per heavy atom. The molecule has 4 amide bonds. The molecular formula is C30H23ClN2O5. The number of urea groups is 1. The van der Waals surface area contributed by atoms with Crippen molar-refractivity contribution in [2.45, 2.75) is 13.5 Å². The van der Waals surface area contributed by atoms with Crippen molar-refractivity contribution in [2.75, 3.05) is 12.0 Å². The number of ether oxygens (including phenoxy) is 2. The number of methoxy groups -OCH3 is 1. The summed E-state index contributed by atoms with van der Waals surface area (Å²) < 4.78 is 11.7. The Kier molecular flexibility index (Phi) is 6.85. The van der Waals surface area contributed by atoms with Crippen molar-refractivity contribution in [3.63, 3.8) is 0 Å². The monoisotopic (exact) mass is 526 g/mol. The van der Waals surface area contributed by atoms with E-state index < -0.39 is 17.8 Å². The maximum absolute atomic E-state index is 13.2. The summed E-state index contributed by atoms with van der Waals surface area (Å²) in [6.45, 7) is 2.38. The third-order valence-corrected chi connectivity index (χ3v) is 6.55. The summed E-state index contributed by atoms with van der Waals surface area (Å²) in [5.74, 6) is -0.600. The predicted molar refractivity (Wildman–Crippen MR) is 146 cm³/mol. The maximum atomic E-state index is 13.2. The molecule has 0 aliphatic carbocycles. The van der Waals surface area contributed by atoms with Crippen LogP contribution < -0.4 is 19.7 Å². The van der Waals surface area contributed by atoms with Crippen LogP contribution in [0, 0.1) is 6.92 Å². The van der Waals surface area contributed by atoms with Gasteiger partial charge in [0.05, 0.1) is 12.8 Å². The lowest BCUT2D eigenvalue weighted by molar-refractivity contribution is -0.122. The Bertz CT molecular complexity index is 1630. The van der Waals surface area contributed by atoms with E-state index in [2.05, 4.69) is 29.6 Å². The smallest absolute Gasteiger partial charge is 0.335 e. The van der Waals surface area contributed by atoms with Gasteiger partial charge in [-0.1, -0.05) is 60.1 Å². The first-order valence-corrected chi connectivity index (χ1v) is 12.2. The minimum Gasteiger partial charge on any atom is -0.493 e. The van der Waals surface area contributed by atoms with E-state index in [0.29, 0.717) is 28.7 Å². The minimum absolute atomic E-state index is 0.202. The number of amides is 4. The average Bonchev–Trinajstić information content (AvgIpc) is 2.91. The van der Waals surface area contributed by atoms with Crippen LogP contribution in [0.2, 0.25) is 5.02 Å². The first kappa shape index (κ1) is 25.0. The molecular weight excluding hydrogens is 504 g/mol. The van der Waals surface area contributed by atoms with Gasteiger partial charge in [0.15, 0.2) is 11.5 Å². The molecule has 0 radical (unpaired) electrons. The van der Waals surface area contributed by atoms with Gasteiger partial charge >= 0.3 is 6.03 Å². The van der Waals surface area contributed by atoms with Gasteiger partial charge in [0.2, 0.25) is 0 Å². The van der Waals surface area contributed by atoms with Crippen LogP contribution in [0.1, 0.15) is 16.7 Å². The van der Waals surface area contributed by atoms with Crippen LogP contribution in [0.15, 0.2) is 84.4 Å². The van der Waals surface area contributed by atoms with Crippen molar-refractivity contribution < 1.29 is 23.9 Å². The summed E-state index contributed by atoms with van der Waals surface area (Å²) >= 11 is 6.03. The highest BCUT2D eigenvalue weighted by Crippen LogP contribution is 2.32. The van der Waals surface area contributed by atoms with Crippen LogP contribution in [0.3, 0.4) is 0 Å². The normalized spacial score (nSPS) is 14.7. The number of hydrogen-bond donors (Lipinski definition) is 1. The molecule has 8 heteroatoms. The van der Waals surface area contributed by atoms with Crippen LogP contribution >= 0.6 is 11.6 Å². The molecule has 4 aromatic rings. The van der Waals surface area contributed by atoms with Gasteiger partial charge in [0.25, 0.3) is 11.8 Å². The van der Waals surface area contributed by atoms with Gasteiger partial charge in [0.1, 0.15) is 12.2 Å². The molecule has 1 aliphatic rings. The van der Waals surface area contributed by atoms with E-state index in [1.54, 1.807) is 36.4 Å². The Labute approximate surface area is 224 Å². The number of nitrogens with zero attached hydrogens (tertiary/aromatic N) is 1. The fourth-order valence-corrected chi connectivity index (χ4v) is 4.54. The molecule has 1 heterocycles. The molecule has 1 saturated heterocycles. The summed E-state index contributed by atoms with van der Waals surface area (Å²) in [6.07, 6.45) is 1.41. The molecule has 1 aliphatic heterocycles. The van der Waals surface area contributed by atoms with Crippen molar-refractivity contribution in [1.29, 1.82) is 0 Å². The third kappa shape index (κ3) is 4.84. The molecule has 38 heavy (non-hydrogen) atoms. The molecule has 0 bridgehead atoms. The molecule has 0 atom stereocenters. The molecule has 190 valence electrons. The van der Waals surface area contributed by atoms with Gasteiger partial charge in [0, 0.05) is 10.6 Å². The number of rotatable bonds is 6. The van der Waals surface area contributed by atoms with Crippen molar-refractivity contribution in [3.8, 4) is 11.5 Å². The molecule has 5 rings (SSSR count). The number of aryl methyl sites for hydroxylation is 1. The highest BCUT2D eigenvalue weighted by Gasteiger charge is 2.36. The number of imide groups is 2. The first-order chi connectivity index (χ1) is 18.4. The van der Waals surface area contributed by atoms with E-state index in [0.717, 1.165) is 26.8 Å². The number of halogens is 1. The molecule has 1 N–H and O–H groups in total. The summed E-state index contributed by atoms with van der Waals surface area (Å²) in [7, 11) is 1.51. The van der Waals surface area contributed by atoms with Gasteiger partial charge in [-0.05, 0) is 65.2 Å². The lowest BCUT2D eigenvalue weighted by Crippen LogP contribution is -2.54. The second-order valence-corrected chi connectivity index (χ2v) is 9.16. The third-order valence-electron chi connectivity index (χ3n) is 6.31. The molecule has 0 saturated carbocycles. The standard InChI is InChI=1S/C30H23ClN2O5/c1-18-10-12-20-6-3-4-9-23(20)25(18)17-38-26-13-11-19(15-27(26)37-2)14-24-28(34)32-30(36)33(29(24)35)22-8-5-7-21(31)16-22/h3-16H,17H2,1-2H3,(H,32,34,36)/b24-14+. The molecule has 4 aromatic carbocycles. The van der Waals surface area contributed by atoms with Gasteiger partial charge in [-0.15, -0.1) is 0 Å². The van der Waals surface area contributed by atoms with Gasteiger partial charge < -0.3 is 9.47 Å². The minimum atomic E-state index is -0.843. The van der Waals surface area contributed by atoms with Crippen LogP contribution in [-0.4, -0.2) is 25.0 Å². The zero-order chi connectivity index (χ0) is 26.8. The van der Waals surface area contributed by atoms with Gasteiger partial charge in [-0.2, -0.15) is 0 Å². The van der Waals surface area contributed by atoms with Crippen LogP contribution in [0.4, 0.5) is 10.5 Å². The predicted octanol–water partition coefficient (Wildman–Crippen LogP) is 6.06. The lowest BCUT2D eigenvalue weighted by Gasteiger charge is -2.26. The highest BCUT2D eigenvalue weighted by molar-refractivity contribution is 6.39. The van der Waals surface area contributed by atoms with Crippen molar-refractivity contribution >= 4 is 52.0 Å². The summed E-state index contributed by atoms with van der Waals surface area (Å²) in [5.41, 5.74) is 2.76. The van der Waals surface area contributed by atoms with E-state index in [1.807, 2.05) is 19.1 Å². The zero-order valence-corrected chi connectivity index (χ0v) is 21.4. The number of hydrogen-bond acceptors (Lipinski definition) is 5. The molecule has 1 fully saturated rings. The van der Waals surface area contributed by atoms with Crippen molar-refractivity contribution in [1.82, 2.24) is 5.32 Å². The van der Waals surface area contributed by atoms with E-state index >= 15 is 0 Å². The summed E-state index contributed by atoms with van der Waals surface area (Å²) in [4.78, 5) is 39.0. The Balaban J connectivity index is 1.42. The van der Waals surface area contributed by atoms with Crippen LogP contribution in [-0.2, 0) is 16.2 Å². The van der Waals surface area contributed by atoms with E-state index in [9.17, 15) is 14.4 Å². The van der Waals surface area contributed by atoms with Crippen LogP contribution in [0.25, 0.3) is 16.8 Å². The fraction of sp³-hybridized carbons (Fsp3) is 0.100. The molecule has 0 unspecified atom stereocenters. The molecule has 0 aromatic heterocycles. The highest BCUT2D eigenvalue weighted by atomic mass is 35.5. The maximum Gasteiger partial charge on any atom is 0.335 e. The zero-order valence-electron chi connectivity index (χ0n) is 20.7. The largest absolute Gasteiger partial charge is 0.493 e. The fourth-order valence-electron chi connectivity index (χ4n) is 4.35. The second-order valence-electron chi connectivity index (χ2n) is 8.72. The van der Waals surface area contributed by atoms with Gasteiger partial charge in [-0.3, -0.25) is 14.9 Å². The SMILES string of the molecule is COc1cc(/C=C2\C(=O)NC(=O)N(c3cccc(Cl)c3)C2=O)ccc1OCc1c(C)ccc2ccccc12. The van der Waals surface area contributed by atoms with Crippen LogP contribution in [0.5, 0.6) is 11.5 Å². The van der Waals surface area contributed by atoms with Gasteiger partial charge in [-0.25, -0.2) is 9.69 Å². The number of fused-ring (bicyclic) bond motifs is 1. The average molecular weight is 527 g/mol. The summed E-state index contributed by atoms with van der Waals surface area (Å²) in [6, 6.07) is 22.8. The number of barbiturate groups is 1. The van der Waals surface area contributed by atoms with Crippen molar-refractivity contribution in [3.05, 3.63) is 106 Å².